The molecule has 0 saturated carbocycles. The van der Waals surface area contributed by atoms with Crippen LogP contribution in [0.15, 0.2) is 70.7 Å². The number of likely N-dealkylation sites (tertiary alicyclic amines) is 1. The molecule has 2 atom stereocenters. The number of urea groups is 1. The number of nitrogens with two attached hydrogens (primary N) is 1. The topological polar surface area (TPSA) is 106 Å². The van der Waals surface area contributed by atoms with Gasteiger partial charge in [-0.05, 0) is 76.2 Å². The number of benzene rings is 2. The molecule has 3 heterocycles. The molecule has 40 heavy (non-hydrogen) atoms. The van der Waals surface area contributed by atoms with Crippen LogP contribution in [0.4, 0.5) is 10.5 Å². The zero-order valence-corrected chi connectivity index (χ0v) is 24.0. The van der Waals surface area contributed by atoms with Gasteiger partial charge in [0.25, 0.3) is 5.91 Å². The Morgan fingerprint density at radius 3 is 2.55 bits per heavy atom. The van der Waals surface area contributed by atoms with E-state index in [0.717, 1.165) is 36.4 Å². The average molecular weight is 544 g/mol. The largest absolute Gasteiger partial charge is 0.399 e. The summed E-state index contributed by atoms with van der Waals surface area (Å²) in [5.74, 6) is 0.883. The maximum absolute atomic E-state index is 13.7. The van der Waals surface area contributed by atoms with Gasteiger partial charge in [-0.15, -0.1) is 0 Å². The van der Waals surface area contributed by atoms with Crippen molar-refractivity contribution < 1.29 is 9.59 Å². The molecule has 1 fully saturated rings. The fourth-order valence-corrected chi connectivity index (χ4v) is 5.99. The summed E-state index contributed by atoms with van der Waals surface area (Å²) in [6.45, 7) is 7.34. The van der Waals surface area contributed by atoms with E-state index < -0.39 is 5.54 Å². The number of nitrogen functional groups attached to an aromatic ring is 1. The molecule has 3 amide bonds. The molecule has 5 rings (SSSR count). The summed E-state index contributed by atoms with van der Waals surface area (Å²) in [5.41, 5.74) is 10.0. The van der Waals surface area contributed by atoms with Crippen molar-refractivity contribution in [2.45, 2.75) is 44.3 Å². The van der Waals surface area contributed by atoms with Crippen molar-refractivity contribution in [1.29, 1.82) is 0 Å². The number of amides is 3. The molecule has 3 aliphatic heterocycles. The van der Waals surface area contributed by atoms with Crippen molar-refractivity contribution in [3.63, 3.8) is 0 Å². The molecule has 4 N–H and O–H groups in total. The summed E-state index contributed by atoms with van der Waals surface area (Å²) in [7, 11) is 4.03. The van der Waals surface area contributed by atoms with E-state index in [1.165, 1.54) is 5.57 Å². The predicted molar refractivity (Wildman–Crippen MR) is 159 cm³/mol. The van der Waals surface area contributed by atoms with Crippen LogP contribution in [0.3, 0.4) is 0 Å². The van der Waals surface area contributed by atoms with Gasteiger partial charge in [-0.1, -0.05) is 30.3 Å². The van der Waals surface area contributed by atoms with E-state index in [0.29, 0.717) is 37.4 Å². The van der Waals surface area contributed by atoms with Crippen LogP contribution in [-0.4, -0.2) is 90.9 Å². The predicted octanol–water partition coefficient (Wildman–Crippen LogP) is 3.28. The molecular formula is C31H41N7O2. The van der Waals surface area contributed by atoms with Gasteiger partial charge < -0.3 is 31.1 Å². The van der Waals surface area contributed by atoms with Crippen LogP contribution in [0.25, 0.3) is 0 Å². The van der Waals surface area contributed by atoms with Crippen molar-refractivity contribution in [3.8, 4) is 0 Å². The Morgan fingerprint density at radius 1 is 1.12 bits per heavy atom. The molecule has 2 aromatic rings. The lowest BCUT2D eigenvalue weighted by Crippen LogP contribution is -2.52. The quantitative estimate of drug-likeness (QED) is 0.485. The number of nitrogens with zero attached hydrogens (tertiary/aromatic N) is 4. The first-order valence-electron chi connectivity index (χ1n) is 14.1. The highest BCUT2D eigenvalue weighted by Gasteiger charge is 2.46. The molecule has 9 heteroatoms. The van der Waals surface area contributed by atoms with Gasteiger partial charge >= 0.3 is 6.03 Å². The molecule has 0 radical (unpaired) electrons. The Kier molecular flexibility index (Phi) is 7.85. The zero-order chi connectivity index (χ0) is 28.4. The number of carbonyl (C=O) groups is 2. The fourth-order valence-electron chi connectivity index (χ4n) is 5.99. The molecule has 0 aromatic heterocycles. The number of aliphatic imine (C=N–C) groups is 1. The highest BCUT2D eigenvalue weighted by Crippen LogP contribution is 2.38. The highest BCUT2D eigenvalue weighted by atomic mass is 16.2. The second-order valence-electron chi connectivity index (χ2n) is 11.8. The Morgan fingerprint density at radius 2 is 1.85 bits per heavy atom. The summed E-state index contributed by atoms with van der Waals surface area (Å²) >= 11 is 0. The smallest absolute Gasteiger partial charge is 0.318 e. The number of carbonyl (C=O) groups excluding carboxylic acids is 2. The van der Waals surface area contributed by atoms with Gasteiger partial charge in [-0.2, -0.15) is 0 Å². The Balaban J connectivity index is 1.24. The van der Waals surface area contributed by atoms with Gasteiger partial charge in [0.1, 0.15) is 5.84 Å². The number of amidine groups is 1. The second-order valence-corrected chi connectivity index (χ2v) is 11.8. The summed E-state index contributed by atoms with van der Waals surface area (Å²) in [6, 6.07) is 17.1. The summed E-state index contributed by atoms with van der Waals surface area (Å²) in [5, 5.41) is 6.93. The number of nitrogens with one attached hydrogen (secondary N) is 2. The number of hydrogen-bond acceptors (Lipinski definition) is 6. The molecule has 3 aliphatic rings. The third-order valence-electron chi connectivity index (χ3n) is 8.27. The first kappa shape index (κ1) is 27.7. The van der Waals surface area contributed by atoms with Crippen molar-refractivity contribution >= 4 is 23.5 Å². The number of likely N-dealkylation sites (N-methyl/N-ethyl adjacent to an activating group) is 1. The van der Waals surface area contributed by atoms with Crippen molar-refractivity contribution in [2.75, 3.05) is 52.6 Å². The summed E-state index contributed by atoms with van der Waals surface area (Å²) in [6.07, 6.45) is 1.88. The van der Waals surface area contributed by atoms with E-state index in [2.05, 4.69) is 41.5 Å². The van der Waals surface area contributed by atoms with Crippen molar-refractivity contribution in [2.24, 2.45) is 4.99 Å². The Labute approximate surface area is 237 Å². The minimum absolute atomic E-state index is 0.0234. The van der Waals surface area contributed by atoms with Gasteiger partial charge in [0.05, 0.1) is 24.7 Å². The third-order valence-corrected chi connectivity index (χ3v) is 8.27. The third kappa shape index (κ3) is 5.70. The maximum atomic E-state index is 13.7. The average Bonchev–Trinajstić information content (AvgIpc) is 3.46. The van der Waals surface area contributed by atoms with Crippen LogP contribution >= 0.6 is 0 Å². The van der Waals surface area contributed by atoms with Gasteiger partial charge in [-0.3, -0.25) is 9.79 Å². The Bertz CT molecular complexity index is 1300. The lowest BCUT2D eigenvalue weighted by molar-refractivity contribution is 0.0702. The molecule has 9 nitrogen and oxygen atoms in total. The van der Waals surface area contributed by atoms with Gasteiger partial charge in [0.15, 0.2) is 0 Å². The maximum Gasteiger partial charge on any atom is 0.318 e. The van der Waals surface area contributed by atoms with Crippen LogP contribution in [-0.2, 0) is 0 Å². The minimum Gasteiger partial charge on any atom is -0.399 e. The monoisotopic (exact) mass is 543 g/mol. The number of hydrogen-bond donors (Lipinski definition) is 3. The SMILES string of the molecule is CN(C)C[C@@H](NC(=O)N1CC2=C(CN=C2NC2CCCN(C(=O)c3ccc(N)cc3)C2)C1(C)C)c1ccccc1. The van der Waals surface area contributed by atoms with Crippen LogP contribution in [0, 0.1) is 0 Å². The fraction of sp³-hybridized carbons (Fsp3) is 0.452. The highest BCUT2D eigenvalue weighted by molar-refractivity contribution is 6.03. The zero-order valence-electron chi connectivity index (χ0n) is 24.0. The van der Waals surface area contributed by atoms with E-state index in [1.54, 1.807) is 24.3 Å². The van der Waals surface area contributed by atoms with E-state index in [4.69, 9.17) is 10.7 Å². The molecule has 0 bridgehead atoms. The van der Waals surface area contributed by atoms with Crippen LogP contribution in [0.1, 0.15) is 48.7 Å². The normalized spacial score (nSPS) is 20.8. The Hall–Kier alpha value is -3.85. The van der Waals surface area contributed by atoms with Crippen LogP contribution in [0.5, 0.6) is 0 Å². The van der Waals surface area contributed by atoms with Gasteiger partial charge in [0, 0.05) is 42.5 Å². The minimum atomic E-state index is -0.449. The van der Waals surface area contributed by atoms with E-state index in [-0.39, 0.29) is 24.0 Å². The lowest BCUT2D eigenvalue weighted by Gasteiger charge is -2.36. The first-order chi connectivity index (χ1) is 19.1. The van der Waals surface area contributed by atoms with Gasteiger partial charge in [-0.25, -0.2) is 4.79 Å². The number of rotatable bonds is 6. The molecule has 212 valence electrons. The molecule has 1 saturated heterocycles. The second kappa shape index (κ2) is 11.3. The summed E-state index contributed by atoms with van der Waals surface area (Å²) < 4.78 is 0. The molecule has 0 spiro atoms. The lowest BCUT2D eigenvalue weighted by atomic mass is 9.94. The van der Waals surface area contributed by atoms with Gasteiger partial charge in [0.2, 0.25) is 0 Å². The molecule has 2 aromatic carbocycles. The molecule has 0 aliphatic carbocycles. The van der Waals surface area contributed by atoms with E-state index in [1.807, 2.05) is 42.1 Å². The molecule has 1 unspecified atom stereocenters. The number of piperidine rings is 1. The first-order valence-corrected chi connectivity index (χ1v) is 14.1. The van der Waals surface area contributed by atoms with E-state index >= 15 is 0 Å². The summed E-state index contributed by atoms with van der Waals surface area (Å²) in [4.78, 5) is 37.5. The van der Waals surface area contributed by atoms with Crippen molar-refractivity contribution in [3.05, 3.63) is 76.9 Å². The van der Waals surface area contributed by atoms with Crippen molar-refractivity contribution in [1.82, 2.24) is 25.3 Å². The number of anilines is 1. The van der Waals surface area contributed by atoms with Crippen LogP contribution < -0.4 is 16.4 Å². The standard InChI is InChI=1S/C31H41N7O2/c1-31(2)26-17-33-28(34-24-11-8-16-37(18-24)29(39)22-12-14-23(32)15-13-22)25(26)19-38(31)30(40)35-27(20-36(3)4)21-9-6-5-7-10-21/h5-7,9-10,12-15,24,27H,8,11,16-20,32H2,1-4H3,(H,33,34)(H,35,40)/t24?,27-/m1/s1. The molecular weight excluding hydrogens is 502 g/mol. The van der Waals surface area contributed by atoms with E-state index in [9.17, 15) is 9.59 Å². The van der Waals surface area contributed by atoms with Crippen LogP contribution in [0.2, 0.25) is 0 Å².